The molecule has 2 aromatic carbocycles. The Morgan fingerprint density at radius 3 is 2.61 bits per heavy atom. The van der Waals surface area contributed by atoms with Crippen molar-refractivity contribution in [2.45, 2.75) is 11.8 Å². The number of thioether (sulfide) groups is 1. The first-order valence-corrected chi connectivity index (χ1v) is 9.65. The summed E-state index contributed by atoms with van der Waals surface area (Å²) in [5, 5.41) is 3.34. The average molecular weight is 391 g/mol. The van der Waals surface area contributed by atoms with E-state index in [2.05, 4.69) is 15.3 Å². The molecule has 0 unspecified atom stereocenters. The van der Waals surface area contributed by atoms with E-state index in [1.807, 2.05) is 60.7 Å². The quantitative estimate of drug-likeness (QED) is 0.466. The van der Waals surface area contributed by atoms with Gasteiger partial charge in [-0.15, -0.1) is 0 Å². The van der Waals surface area contributed by atoms with E-state index in [9.17, 15) is 4.79 Å². The van der Waals surface area contributed by atoms with Crippen LogP contribution in [0.15, 0.2) is 82.7 Å². The number of oxazole rings is 1. The number of nitrogens with one attached hydrogen (secondary N) is 1. The molecule has 4 aromatic rings. The third-order valence-corrected chi connectivity index (χ3v) is 4.72. The van der Waals surface area contributed by atoms with Crippen LogP contribution in [0, 0.1) is 0 Å². The van der Waals surface area contributed by atoms with E-state index in [0.717, 1.165) is 16.8 Å². The van der Waals surface area contributed by atoms with E-state index in [-0.39, 0.29) is 11.7 Å². The van der Waals surface area contributed by atoms with Gasteiger partial charge in [0.1, 0.15) is 17.9 Å². The van der Waals surface area contributed by atoms with Crippen LogP contribution in [0.3, 0.4) is 0 Å². The zero-order valence-electron chi connectivity index (χ0n) is 14.9. The summed E-state index contributed by atoms with van der Waals surface area (Å²) in [4.78, 5) is 20.5. The molecular weight excluding hydrogens is 374 g/mol. The van der Waals surface area contributed by atoms with Crippen LogP contribution in [-0.2, 0) is 11.4 Å². The Kier molecular flexibility index (Phi) is 5.53. The second-order valence-corrected chi connectivity index (χ2v) is 6.88. The molecule has 0 saturated carbocycles. The van der Waals surface area contributed by atoms with Crippen LogP contribution in [0.2, 0.25) is 0 Å². The number of nitrogens with zero attached hydrogens (tertiary/aromatic N) is 2. The SMILES string of the molecule is O=C(CSc1nc2ccccc2o1)Nc1ccc(OCc2ccncc2)cc1. The number of aromatic nitrogens is 2. The van der Waals surface area contributed by atoms with Gasteiger partial charge in [-0.1, -0.05) is 23.9 Å². The molecule has 0 fully saturated rings. The molecule has 2 aromatic heterocycles. The topological polar surface area (TPSA) is 77.2 Å². The lowest BCUT2D eigenvalue weighted by atomic mass is 10.3. The summed E-state index contributed by atoms with van der Waals surface area (Å²) < 4.78 is 11.3. The molecule has 0 aliphatic heterocycles. The Morgan fingerprint density at radius 2 is 1.82 bits per heavy atom. The molecule has 0 spiro atoms. The number of carbonyl (C=O) groups excluding carboxylic acids is 1. The molecule has 7 heteroatoms. The number of anilines is 1. The average Bonchev–Trinajstić information content (AvgIpc) is 3.16. The van der Waals surface area contributed by atoms with E-state index < -0.39 is 0 Å². The molecule has 0 saturated heterocycles. The van der Waals surface area contributed by atoms with Gasteiger partial charge in [0, 0.05) is 18.1 Å². The van der Waals surface area contributed by atoms with Crippen molar-refractivity contribution in [1.29, 1.82) is 0 Å². The minimum absolute atomic E-state index is 0.127. The molecule has 0 aliphatic rings. The zero-order chi connectivity index (χ0) is 19.2. The molecule has 0 aliphatic carbocycles. The number of benzene rings is 2. The predicted octanol–water partition coefficient (Wildman–Crippen LogP) is 4.53. The smallest absolute Gasteiger partial charge is 0.257 e. The van der Waals surface area contributed by atoms with Crippen molar-refractivity contribution in [1.82, 2.24) is 9.97 Å². The van der Waals surface area contributed by atoms with Crippen LogP contribution >= 0.6 is 11.8 Å². The van der Waals surface area contributed by atoms with Crippen LogP contribution in [-0.4, -0.2) is 21.6 Å². The molecule has 4 rings (SSSR count). The van der Waals surface area contributed by atoms with Crippen molar-refractivity contribution in [3.05, 3.63) is 78.6 Å². The van der Waals surface area contributed by atoms with Gasteiger partial charge >= 0.3 is 0 Å². The minimum Gasteiger partial charge on any atom is -0.489 e. The second kappa shape index (κ2) is 8.58. The Hall–Kier alpha value is -3.32. The van der Waals surface area contributed by atoms with E-state index in [0.29, 0.717) is 23.1 Å². The number of amides is 1. The summed E-state index contributed by atoms with van der Waals surface area (Å²) >= 11 is 1.26. The Balaban J connectivity index is 1.27. The van der Waals surface area contributed by atoms with E-state index in [1.165, 1.54) is 11.8 Å². The van der Waals surface area contributed by atoms with Gasteiger partial charge in [0.15, 0.2) is 5.58 Å². The van der Waals surface area contributed by atoms with Gasteiger partial charge in [-0.05, 0) is 54.1 Å². The molecule has 140 valence electrons. The van der Waals surface area contributed by atoms with Gasteiger partial charge in [-0.2, -0.15) is 0 Å². The molecule has 0 atom stereocenters. The maximum atomic E-state index is 12.2. The Labute approximate surface area is 166 Å². The van der Waals surface area contributed by atoms with Crippen LogP contribution in [0.5, 0.6) is 5.75 Å². The lowest BCUT2D eigenvalue weighted by molar-refractivity contribution is -0.113. The number of carbonyl (C=O) groups is 1. The van der Waals surface area contributed by atoms with Crippen LogP contribution in [0.1, 0.15) is 5.56 Å². The first-order valence-electron chi connectivity index (χ1n) is 8.66. The summed E-state index contributed by atoms with van der Waals surface area (Å²) in [5.41, 5.74) is 3.25. The lowest BCUT2D eigenvalue weighted by Gasteiger charge is -2.08. The molecule has 1 amide bonds. The van der Waals surface area contributed by atoms with Gasteiger partial charge in [-0.25, -0.2) is 4.98 Å². The normalized spacial score (nSPS) is 10.7. The summed E-state index contributed by atoms with van der Waals surface area (Å²) in [6, 6.07) is 18.6. The summed E-state index contributed by atoms with van der Waals surface area (Å²) in [6.07, 6.45) is 3.46. The van der Waals surface area contributed by atoms with Gasteiger partial charge in [-0.3, -0.25) is 9.78 Å². The van der Waals surface area contributed by atoms with Gasteiger partial charge < -0.3 is 14.5 Å². The largest absolute Gasteiger partial charge is 0.489 e. The van der Waals surface area contributed by atoms with Crippen molar-refractivity contribution in [3.8, 4) is 5.75 Å². The number of pyridine rings is 1. The highest BCUT2D eigenvalue weighted by atomic mass is 32.2. The fourth-order valence-corrected chi connectivity index (χ4v) is 3.16. The van der Waals surface area contributed by atoms with Crippen molar-refractivity contribution in [2.24, 2.45) is 0 Å². The third kappa shape index (κ3) is 4.69. The lowest BCUT2D eigenvalue weighted by Crippen LogP contribution is -2.13. The number of para-hydroxylation sites is 2. The Morgan fingerprint density at radius 1 is 1.04 bits per heavy atom. The summed E-state index contributed by atoms with van der Waals surface area (Å²) in [7, 11) is 0. The minimum atomic E-state index is -0.127. The fourth-order valence-electron chi connectivity index (χ4n) is 2.52. The Bertz CT molecular complexity index is 1030. The number of rotatable bonds is 7. The number of fused-ring (bicyclic) bond motifs is 1. The van der Waals surface area contributed by atoms with Crippen molar-refractivity contribution >= 4 is 34.5 Å². The first kappa shape index (κ1) is 18.1. The van der Waals surface area contributed by atoms with Gasteiger partial charge in [0.25, 0.3) is 5.22 Å². The number of ether oxygens (including phenoxy) is 1. The first-order chi connectivity index (χ1) is 13.8. The molecule has 2 heterocycles. The van der Waals surface area contributed by atoms with Gasteiger partial charge in [0.05, 0.1) is 5.75 Å². The van der Waals surface area contributed by atoms with E-state index in [4.69, 9.17) is 9.15 Å². The van der Waals surface area contributed by atoms with E-state index >= 15 is 0 Å². The highest BCUT2D eigenvalue weighted by Gasteiger charge is 2.09. The van der Waals surface area contributed by atoms with Crippen LogP contribution < -0.4 is 10.1 Å². The number of hydrogen-bond donors (Lipinski definition) is 1. The highest BCUT2D eigenvalue weighted by Crippen LogP contribution is 2.23. The van der Waals surface area contributed by atoms with Crippen molar-refractivity contribution in [3.63, 3.8) is 0 Å². The predicted molar refractivity (Wildman–Crippen MR) is 108 cm³/mol. The standard InChI is InChI=1S/C21H17N3O3S/c25-20(14-28-21-24-18-3-1-2-4-19(18)27-21)23-16-5-7-17(8-6-16)26-13-15-9-11-22-12-10-15/h1-12H,13-14H2,(H,23,25). The molecule has 28 heavy (non-hydrogen) atoms. The maximum Gasteiger partial charge on any atom is 0.257 e. The molecule has 1 N–H and O–H groups in total. The van der Waals surface area contributed by atoms with Crippen molar-refractivity contribution < 1.29 is 13.9 Å². The zero-order valence-corrected chi connectivity index (χ0v) is 15.7. The second-order valence-electron chi connectivity index (χ2n) is 5.95. The molecule has 0 bridgehead atoms. The summed E-state index contributed by atoms with van der Waals surface area (Å²) in [6.45, 7) is 0.468. The van der Waals surface area contributed by atoms with E-state index in [1.54, 1.807) is 12.4 Å². The third-order valence-electron chi connectivity index (χ3n) is 3.89. The highest BCUT2D eigenvalue weighted by molar-refractivity contribution is 7.99. The fraction of sp³-hybridized carbons (Fsp3) is 0.0952. The molecular formula is C21H17N3O3S. The van der Waals surface area contributed by atoms with Gasteiger partial charge in [0.2, 0.25) is 5.91 Å². The number of hydrogen-bond acceptors (Lipinski definition) is 6. The molecule has 0 radical (unpaired) electrons. The van der Waals surface area contributed by atoms with Crippen molar-refractivity contribution in [2.75, 3.05) is 11.1 Å². The monoisotopic (exact) mass is 391 g/mol. The van der Waals surface area contributed by atoms with Crippen LogP contribution in [0.25, 0.3) is 11.1 Å². The maximum absolute atomic E-state index is 12.2. The summed E-state index contributed by atoms with van der Waals surface area (Å²) in [5.74, 6) is 0.820. The van der Waals surface area contributed by atoms with Crippen LogP contribution in [0.4, 0.5) is 5.69 Å². The molecule has 6 nitrogen and oxygen atoms in total.